The molecular weight excluding hydrogens is 350 g/mol. The van der Waals surface area contributed by atoms with Gasteiger partial charge in [0.1, 0.15) is 5.76 Å². The second kappa shape index (κ2) is 5.75. The molecule has 0 aliphatic rings. The Balaban J connectivity index is 1.90. The molecule has 4 nitrogen and oxygen atoms in total. The summed E-state index contributed by atoms with van der Waals surface area (Å²) in [4.78, 5) is 4.31. The van der Waals surface area contributed by atoms with Gasteiger partial charge in [0.15, 0.2) is 0 Å². The van der Waals surface area contributed by atoms with Crippen LogP contribution in [-0.4, -0.2) is 10.1 Å². The Hall–Kier alpha value is -0.720. The fourth-order valence-corrected chi connectivity index (χ4v) is 2.51. The molecule has 0 atom stereocenters. The molecule has 6 heteroatoms. The van der Waals surface area contributed by atoms with Crippen molar-refractivity contribution in [3.05, 3.63) is 44.4 Å². The summed E-state index contributed by atoms with van der Waals surface area (Å²) in [7, 11) is 0. The zero-order valence-electron chi connectivity index (χ0n) is 9.20. The minimum atomic E-state index is 0.668. The Morgan fingerprint density at radius 2 is 2.12 bits per heavy atom. The highest BCUT2D eigenvalue weighted by atomic mass is 79.9. The van der Waals surface area contributed by atoms with Gasteiger partial charge < -0.3 is 9.84 Å². The molecule has 0 bridgehead atoms. The number of halogens is 2. The van der Waals surface area contributed by atoms with Crippen LogP contribution in [0.1, 0.15) is 17.1 Å². The van der Waals surface area contributed by atoms with Gasteiger partial charge in [0, 0.05) is 34.3 Å². The Kier molecular flexibility index (Phi) is 4.31. The smallest absolute Gasteiger partial charge is 0.133 e. The van der Waals surface area contributed by atoms with Gasteiger partial charge in [-0.1, -0.05) is 5.16 Å². The average Bonchev–Trinajstić information content (AvgIpc) is 2.68. The lowest BCUT2D eigenvalue weighted by molar-refractivity contribution is 0.388. The van der Waals surface area contributed by atoms with Gasteiger partial charge in [0.2, 0.25) is 0 Å². The molecule has 0 fully saturated rings. The Morgan fingerprint density at radius 3 is 2.76 bits per heavy atom. The maximum atomic E-state index is 4.99. The highest BCUT2D eigenvalue weighted by molar-refractivity contribution is 9.11. The number of hydrogen-bond donors (Lipinski definition) is 1. The van der Waals surface area contributed by atoms with E-state index in [2.05, 4.69) is 47.3 Å². The molecule has 0 aliphatic heterocycles. The van der Waals surface area contributed by atoms with Crippen LogP contribution in [0.3, 0.4) is 0 Å². The van der Waals surface area contributed by atoms with Crippen molar-refractivity contribution in [1.82, 2.24) is 15.5 Å². The van der Waals surface area contributed by atoms with E-state index < -0.39 is 0 Å². The summed E-state index contributed by atoms with van der Waals surface area (Å²) in [6.07, 6.45) is 1.78. The van der Waals surface area contributed by atoms with Gasteiger partial charge in [-0.15, -0.1) is 0 Å². The Bertz CT molecular complexity index is 513. The van der Waals surface area contributed by atoms with Crippen molar-refractivity contribution in [2.45, 2.75) is 20.0 Å². The molecule has 0 amide bonds. The van der Waals surface area contributed by atoms with E-state index in [4.69, 9.17) is 4.52 Å². The van der Waals surface area contributed by atoms with Crippen molar-refractivity contribution >= 4 is 31.9 Å². The van der Waals surface area contributed by atoms with E-state index in [0.29, 0.717) is 13.1 Å². The molecule has 0 unspecified atom stereocenters. The lowest BCUT2D eigenvalue weighted by Gasteiger charge is -2.04. The van der Waals surface area contributed by atoms with Crippen molar-refractivity contribution in [3.63, 3.8) is 0 Å². The summed E-state index contributed by atoms with van der Waals surface area (Å²) in [5, 5.41) is 7.17. The topological polar surface area (TPSA) is 51.0 Å². The standard InChI is InChI=1S/C11H11Br2N3O/c1-7-2-9(16-17-7)5-14-6-11-10(13)3-8(12)4-15-11/h2-4,14H,5-6H2,1H3. The Labute approximate surface area is 116 Å². The second-order valence-electron chi connectivity index (χ2n) is 3.61. The van der Waals surface area contributed by atoms with Crippen molar-refractivity contribution < 1.29 is 4.52 Å². The normalized spacial score (nSPS) is 10.8. The first kappa shape index (κ1) is 12.7. The molecule has 0 radical (unpaired) electrons. The molecule has 1 N–H and O–H groups in total. The first-order valence-electron chi connectivity index (χ1n) is 5.08. The molecule has 0 spiro atoms. The van der Waals surface area contributed by atoms with Crippen LogP contribution in [0.2, 0.25) is 0 Å². The lowest BCUT2D eigenvalue weighted by Crippen LogP contribution is -2.14. The fraction of sp³-hybridized carbons (Fsp3) is 0.273. The predicted molar refractivity (Wildman–Crippen MR) is 71.4 cm³/mol. The minimum Gasteiger partial charge on any atom is -0.361 e. The third-order valence-electron chi connectivity index (χ3n) is 2.16. The predicted octanol–water partition coefficient (Wildman–Crippen LogP) is 3.19. The average molecular weight is 361 g/mol. The first-order valence-corrected chi connectivity index (χ1v) is 6.66. The van der Waals surface area contributed by atoms with Gasteiger partial charge in [-0.05, 0) is 44.8 Å². The van der Waals surface area contributed by atoms with E-state index >= 15 is 0 Å². The minimum absolute atomic E-state index is 0.668. The van der Waals surface area contributed by atoms with E-state index in [1.807, 2.05) is 19.1 Å². The van der Waals surface area contributed by atoms with Crippen molar-refractivity contribution in [1.29, 1.82) is 0 Å². The van der Waals surface area contributed by atoms with Crippen LogP contribution < -0.4 is 5.32 Å². The van der Waals surface area contributed by atoms with Gasteiger partial charge in [-0.25, -0.2) is 0 Å². The molecular formula is C11H11Br2N3O. The van der Waals surface area contributed by atoms with Crippen LogP contribution >= 0.6 is 31.9 Å². The van der Waals surface area contributed by atoms with Crippen molar-refractivity contribution in [3.8, 4) is 0 Å². The molecule has 0 saturated carbocycles. The summed E-state index contributed by atoms with van der Waals surface area (Å²) in [6, 6.07) is 3.89. The molecule has 2 heterocycles. The number of rotatable bonds is 4. The zero-order valence-corrected chi connectivity index (χ0v) is 12.4. The molecule has 0 aromatic carbocycles. The highest BCUT2D eigenvalue weighted by Crippen LogP contribution is 2.19. The number of aromatic nitrogens is 2. The zero-order chi connectivity index (χ0) is 12.3. The quantitative estimate of drug-likeness (QED) is 0.909. The second-order valence-corrected chi connectivity index (χ2v) is 5.38. The van der Waals surface area contributed by atoms with E-state index in [0.717, 1.165) is 26.1 Å². The molecule has 17 heavy (non-hydrogen) atoms. The summed E-state index contributed by atoms with van der Waals surface area (Å²) in [5.41, 5.74) is 1.86. The van der Waals surface area contributed by atoms with Crippen LogP contribution in [0.4, 0.5) is 0 Å². The number of aryl methyl sites for hydroxylation is 1. The molecule has 2 aromatic heterocycles. The van der Waals surface area contributed by atoms with E-state index in [1.165, 1.54) is 0 Å². The molecule has 90 valence electrons. The van der Waals surface area contributed by atoms with Crippen molar-refractivity contribution in [2.75, 3.05) is 0 Å². The summed E-state index contributed by atoms with van der Waals surface area (Å²) < 4.78 is 6.93. The summed E-state index contributed by atoms with van der Waals surface area (Å²) in [5.74, 6) is 0.824. The van der Waals surface area contributed by atoms with Crippen molar-refractivity contribution in [2.24, 2.45) is 0 Å². The van der Waals surface area contributed by atoms with Crippen LogP contribution in [0, 0.1) is 6.92 Å². The maximum Gasteiger partial charge on any atom is 0.133 e. The number of nitrogens with zero attached hydrogens (tertiary/aromatic N) is 2. The number of pyridine rings is 1. The van der Waals surface area contributed by atoms with Gasteiger partial charge in [0.25, 0.3) is 0 Å². The number of hydrogen-bond acceptors (Lipinski definition) is 4. The summed E-state index contributed by atoms with van der Waals surface area (Å²) >= 11 is 6.84. The largest absolute Gasteiger partial charge is 0.361 e. The van der Waals surface area contributed by atoms with Gasteiger partial charge in [0.05, 0.1) is 11.4 Å². The maximum absolute atomic E-state index is 4.99. The summed E-state index contributed by atoms with van der Waals surface area (Å²) in [6.45, 7) is 3.23. The van der Waals surface area contributed by atoms with Gasteiger partial charge in [-0.2, -0.15) is 0 Å². The van der Waals surface area contributed by atoms with Gasteiger partial charge >= 0.3 is 0 Å². The third kappa shape index (κ3) is 3.62. The third-order valence-corrected chi connectivity index (χ3v) is 3.28. The van der Waals surface area contributed by atoms with E-state index in [9.17, 15) is 0 Å². The molecule has 2 aromatic rings. The first-order chi connectivity index (χ1) is 8.15. The van der Waals surface area contributed by atoms with E-state index in [-0.39, 0.29) is 0 Å². The fourth-order valence-electron chi connectivity index (χ4n) is 1.38. The Morgan fingerprint density at radius 1 is 1.29 bits per heavy atom. The van der Waals surface area contributed by atoms with Gasteiger partial charge in [-0.3, -0.25) is 4.98 Å². The monoisotopic (exact) mass is 359 g/mol. The highest BCUT2D eigenvalue weighted by Gasteiger charge is 2.03. The SMILES string of the molecule is Cc1cc(CNCc2ncc(Br)cc2Br)no1. The van der Waals surface area contributed by atoms with Crippen LogP contribution in [-0.2, 0) is 13.1 Å². The molecule has 2 rings (SSSR count). The van der Waals surface area contributed by atoms with E-state index in [1.54, 1.807) is 6.20 Å². The van der Waals surface area contributed by atoms with Crippen LogP contribution in [0.25, 0.3) is 0 Å². The molecule has 0 aliphatic carbocycles. The van der Waals surface area contributed by atoms with Crippen LogP contribution in [0.15, 0.2) is 31.8 Å². The lowest BCUT2D eigenvalue weighted by atomic mass is 10.3. The number of nitrogens with one attached hydrogen (secondary N) is 1. The molecule has 0 saturated heterocycles. The van der Waals surface area contributed by atoms with Crippen LogP contribution in [0.5, 0.6) is 0 Å².